The third-order valence-corrected chi connectivity index (χ3v) is 2.85. The second kappa shape index (κ2) is 4.57. The summed E-state index contributed by atoms with van der Waals surface area (Å²) in [5.41, 5.74) is 0.960. The number of hydrogen-bond donors (Lipinski definition) is 1. The fraction of sp³-hybridized carbons (Fsp3) is 0.182. The molecule has 5 heteroatoms. The molecule has 0 radical (unpaired) electrons. The third kappa shape index (κ3) is 2.19. The van der Waals surface area contributed by atoms with Crippen LogP contribution in [0.2, 0.25) is 0 Å². The van der Waals surface area contributed by atoms with E-state index < -0.39 is 0 Å². The first-order valence-electron chi connectivity index (χ1n) is 4.78. The van der Waals surface area contributed by atoms with Crippen LogP contribution in [0.1, 0.15) is 0 Å². The molecular weight excluding hydrogens is 270 g/mol. The van der Waals surface area contributed by atoms with Gasteiger partial charge in [-0.1, -0.05) is 0 Å². The molecule has 2 rings (SSSR count). The molecule has 0 spiro atoms. The van der Waals surface area contributed by atoms with E-state index in [9.17, 15) is 0 Å². The van der Waals surface area contributed by atoms with Gasteiger partial charge in [-0.3, -0.25) is 0 Å². The lowest BCUT2D eigenvalue weighted by atomic mass is 10.3. The van der Waals surface area contributed by atoms with Crippen molar-refractivity contribution in [2.75, 3.05) is 12.4 Å². The highest BCUT2D eigenvalue weighted by Crippen LogP contribution is 2.28. The zero-order chi connectivity index (χ0) is 11.5. The molecule has 0 aliphatic carbocycles. The van der Waals surface area contributed by atoms with E-state index in [4.69, 9.17) is 4.74 Å². The fourth-order valence-corrected chi connectivity index (χ4v) is 1.90. The standard InChI is InChI=1S/C11H12BrN3O/c1-15-6-5-13-11(15)14-8-3-4-10(16-2)9(12)7-8/h3-7H,1-2H3,(H,13,14). The zero-order valence-corrected chi connectivity index (χ0v) is 10.7. The highest BCUT2D eigenvalue weighted by Gasteiger charge is 2.03. The minimum atomic E-state index is 0.803. The van der Waals surface area contributed by atoms with E-state index in [1.165, 1.54) is 0 Å². The van der Waals surface area contributed by atoms with Crippen molar-refractivity contribution in [3.05, 3.63) is 35.1 Å². The van der Waals surface area contributed by atoms with Crippen LogP contribution in [0.5, 0.6) is 5.75 Å². The van der Waals surface area contributed by atoms with Crippen LogP contribution < -0.4 is 10.1 Å². The SMILES string of the molecule is COc1ccc(Nc2nccn2C)cc1Br. The Morgan fingerprint density at radius 3 is 2.81 bits per heavy atom. The Hall–Kier alpha value is -1.49. The van der Waals surface area contributed by atoms with Gasteiger partial charge in [0, 0.05) is 25.1 Å². The maximum atomic E-state index is 5.16. The van der Waals surface area contributed by atoms with Crippen molar-refractivity contribution in [2.24, 2.45) is 7.05 Å². The number of rotatable bonds is 3. The Labute approximate surface area is 102 Å². The molecule has 1 N–H and O–H groups in total. The molecule has 0 atom stereocenters. The maximum Gasteiger partial charge on any atom is 0.207 e. The average molecular weight is 282 g/mol. The summed E-state index contributed by atoms with van der Waals surface area (Å²) < 4.78 is 7.99. The Balaban J connectivity index is 2.23. The first-order valence-corrected chi connectivity index (χ1v) is 5.58. The van der Waals surface area contributed by atoms with E-state index in [1.54, 1.807) is 13.3 Å². The summed E-state index contributed by atoms with van der Waals surface area (Å²) >= 11 is 3.44. The molecule has 4 nitrogen and oxygen atoms in total. The van der Waals surface area contributed by atoms with E-state index in [-0.39, 0.29) is 0 Å². The summed E-state index contributed by atoms with van der Waals surface area (Å²) in [6.45, 7) is 0. The Bertz CT molecular complexity index is 496. The third-order valence-electron chi connectivity index (χ3n) is 2.23. The Kier molecular flexibility index (Phi) is 3.14. The van der Waals surface area contributed by atoms with E-state index in [1.807, 2.05) is 36.0 Å². The van der Waals surface area contributed by atoms with Crippen molar-refractivity contribution in [3.63, 3.8) is 0 Å². The molecule has 16 heavy (non-hydrogen) atoms. The number of ether oxygens (including phenoxy) is 1. The number of methoxy groups -OCH3 is 1. The van der Waals surface area contributed by atoms with Gasteiger partial charge in [0.1, 0.15) is 5.75 Å². The minimum absolute atomic E-state index is 0.803. The maximum absolute atomic E-state index is 5.16. The van der Waals surface area contributed by atoms with Gasteiger partial charge in [0.25, 0.3) is 0 Å². The van der Waals surface area contributed by atoms with Gasteiger partial charge in [0.15, 0.2) is 0 Å². The highest BCUT2D eigenvalue weighted by molar-refractivity contribution is 9.10. The van der Waals surface area contributed by atoms with Crippen molar-refractivity contribution in [2.45, 2.75) is 0 Å². The molecule has 0 bridgehead atoms. The Morgan fingerprint density at radius 2 is 2.25 bits per heavy atom. The van der Waals surface area contributed by atoms with Gasteiger partial charge in [-0.2, -0.15) is 0 Å². The average Bonchev–Trinajstić information content (AvgIpc) is 2.65. The molecule has 0 saturated heterocycles. The summed E-state index contributed by atoms with van der Waals surface area (Å²) in [6.07, 6.45) is 3.64. The quantitative estimate of drug-likeness (QED) is 0.940. The zero-order valence-electron chi connectivity index (χ0n) is 9.07. The Morgan fingerprint density at radius 1 is 1.44 bits per heavy atom. The van der Waals surface area contributed by atoms with Crippen molar-refractivity contribution in [1.82, 2.24) is 9.55 Å². The van der Waals surface area contributed by atoms with Crippen molar-refractivity contribution in [1.29, 1.82) is 0 Å². The van der Waals surface area contributed by atoms with Crippen LogP contribution in [0.4, 0.5) is 11.6 Å². The van der Waals surface area contributed by atoms with Gasteiger partial charge < -0.3 is 14.6 Å². The van der Waals surface area contributed by atoms with E-state index >= 15 is 0 Å². The second-order valence-corrected chi connectivity index (χ2v) is 4.19. The lowest BCUT2D eigenvalue weighted by Crippen LogP contribution is -1.98. The smallest absolute Gasteiger partial charge is 0.207 e. The van der Waals surface area contributed by atoms with Gasteiger partial charge in [-0.25, -0.2) is 4.98 Å². The molecular formula is C11H12BrN3O. The number of anilines is 2. The highest BCUT2D eigenvalue weighted by atomic mass is 79.9. The van der Waals surface area contributed by atoms with Gasteiger partial charge in [-0.15, -0.1) is 0 Å². The summed E-state index contributed by atoms with van der Waals surface area (Å²) in [4.78, 5) is 4.19. The molecule has 0 saturated carbocycles. The fourth-order valence-electron chi connectivity index (χ4n) is 1.36. The van der Waals surface area contributed by atoms with Crippen LogP contribution in [0.3, 0.4) is 0 Å². The molecule has 0 aliphatic heterocycles. The van der Waals surface area contributed by atoms with Gasteiger partial charge in [0.05, 0.1) is 11.6 Å². The number of halogens is 1. The molecule has 0 fully saturated rings. The van der Waals surface area contributed by atoms with E-state index in [2.05, 4.69) is 26.2 Å². The van der Waals surface area contributed by atoms with Crippen LogP contribution in [0, 0.1) is 0 Å². The van der Waals surface area contributed by atoms with Crippen LogP contribution in [0.15, 0.2) is 35.1 Å². The summed E-state index contributed by atoms with van der Waals surface area (Å²) in [5.74, 6) is 1.61. The molecule has 1 aromatic heterocycles. The molecule has 0 aliphatic rings. The number of aromatic nitrogens is 2. The number of aryl methyl sites for hydroxylation is 1. The number of hydrogen-bond acceptors (Lipinski definition) is 3. The first-order chi connectivity index (χ1) is 7.70. The predicted octanol–water partition coefficient (Wildman–Crippen LogP) is 2.93. The summed E-state index contributed by atoms with van der Waals surface area (Å²) in [7, 11) is 3.58. The van der Waals surface area contributed by atoms with Crippen molar-refractivity contribution >= 4 is 27.6 Å². The monoisotopic (exact) mass is 281 g/mol. The van der Waals surface area contributed by atoms with Gasteiger partial charge >= 0.3 is 0 Å². The minimum Gasteiger partial charge on any atom is -0.496 e. The van der Waals surface area contributed by atoms with Crippen molar-refractivity contribution in [3.8, 4) is 5.75 Å². The molecule has 1 heterocycles. The second-order valence-electron chi connectivity index (χ2n) is 3.34. The van der Waals surface area contributed by atoms with Crippen LogP contribution >= 0.6 is 15.9 Å². The number of imidazole rings is 1. The normalized spacial score (nSPS) is 10.2. The number of nitrogens with one attached hydrogen (secondary N) is 1. The number of benzene rings is 1. The summed E-state index contributed by atoms with van der Waals surface area (Å²) in [6, 6.07) is 5.79. The van der Waals surface area contributed by atoms with E-state index in [0.717, 1.165) is 21.9 Å². The lowest BCUT2D eigenvalue weighted by molar-refractivity contribution is 0.412. The largest absolute Gasteiger partial charge is 0.496 e. The molecule has 1 aromatic carbocycles. The molecule has 0 unspecified atom stereocenters. The lowest BCUT2D eigenvalue weighted by Gasteiger charge is -2.08. The van der Waals surface area contributed by atoms with Crippen LogP contribution in [-0.2, 0) is 7.05 Å². The van der Waals surface area contributed by atoms with Crippen molar-refractivity contribution < 1.29 is 4.74 Å². The number of nitrogens with zero attached hydrogens (tertiary/aromatic N) is 2. The summed E-state index contributed by atoms with van der Waals surface area (Å²) in [5, 5.41) is 3.21. The van der Waals surface area contributed by atoms with Crippen LogP contribution in [-0.4, -0.2) is 16.7 Å². The molecule has 0 amide bonds. The first kappa shape index (κ1) is 11.0. The topological polar surface area (TPSA) is 39.1 Å². The predicted molar refractivity (Wildman–Crippen MR) is 67.2 cm³/mol. The van der Waals surface area contributed by atoms with Gasteiger partial charge in [-0.05, 0) is 34.1 Å². The van der Waals surface area contributed by atoms with Gasteiger partial charge in [0.2, 0.25) is 5.95 Å². The molecule has 2 aromatic rings. The van der Waals surface area contributed by atoms with Crippen LogP contribution in [0.25, 0.3) is 0 Å². The molecule has 84 valence electrons. The van der Waals surface area contributed by atoms with E-state index in [0.29, 0.717) is 0 Å².